The number of hydrogen-bond donors (Lipinski definition) is 0. The van der Waals surface area contributed by atoms with E-state index in [0.29, 0.717) is 18.8 Å². The Hall–Kier alpha value is -0.980. The molecule has 0 spiro atoms. The van der Waals surface area contributed by atoms with Gasteiger partial charge in [-0.3, -0.25) is 4.79 Å². The Morgan fingerprint density at radius 2 is 1.90 bits per heavy atom. The van der Waals surface area contributed by atoms with Crippen molar-refractivity contribution in [2.45, 2.75) is 37.9 Å². The van der Waals surface area contributed by atoms with E-state index < -0.39 is 0 Å². The lowest BCUT2D eigenvalue weighted by atomic mass is 10.2. The number of carbonyl (C=O) groups is 1. The van der Waals surface area contributed by atoms with Crippen molar-refractivity contribution in [1.82, 2.24) is 9.88 Å². The summed E-state index contributed by atoms with van der Waals surface area (Å²) in [6.45, 7) is 2.92. The lowest BCUT2D eigenvalue weighted by molar-refractivity contribution is 0.0304. The average molecular weight is 296 g/mol. The minimum absolute atomic E-state index is 0.00255. The van der Waals surface area contributed by atoms with Crippen molar-refractivity contribution in [1.29, 1.82) is 0 Å². The molecule has 110 valence electrons. The fraction of sp³-hybridized carbons (Fsp3) is 0.714. The third-order valence-corrected chi connectivity index (χ3v) is 4.42. The first-order valence-electron chi connectivity index (χ1n) is 7.23. The van der Waals surface area contributed by atoms with E-state index >= 15 is 0 Å². The first kappa shape index (κ1) is 14.0. The van der Waals surface area contributed by atoms with Gasteiger partial charge in [0.15, 0.2) is 0 Å². The molecule has 2 atom stereocenters. The monoisotopic (exact) mass is 296 g/mol. The Bertz CT molecular complexity index is 408. The van der Waals surface area contributed by atoms with Crippen molar-refractivity contribution in [3.8, 4) is 0 Å². The number of carbonyl (C=O) groups excluding carboxylic acids is 1. The summed E-state index contributed by atoms with van der Waals surface area (Å²) in [6, 6.07) is 0. The minimum Gasteiger partial charge on any atom is -0.376 e. The van der Waals surface area contributed by atoms with Crippen LogP contribution in [0, 0.1) is 0 Å². The molecule has 2 aliphatic rings. The van der Waals surface area contributed by atoms with Crippen molar-refractivity contribution in [3.05, 3.63) is 16.6 Å². The lowest BCUT2D eigenvalue weighted by Gasteiger charge is -2.27. The summed E-state index contributed by atoms with van der Waals surface area (Å²) >= 11 is 1.45. The molecule has 3 rings (SSSR count). The number of thiazole rings is 1. The van der Waals surface area contributed by atoms with Gasteiger partial charge in [0.1, 0.15) is 5.69 Å². The van der Waals surface area contributed by atoms with Crippen molar-refractivity contribution < 1.29 is 14.3 Å². The first-order valence-corrected chi connectivity index (χ1v) is 8.18. The molecule has 20 heavy (non-hydrogen) atoms. The molecule has 6 heteroatoms. The van der Waals surface area contributed by atoms with Crippen molar-refractivity contribution in [2.75, 3.05) is 26.3 Å². The SMILES string of the molecule is O=C(c1cscn1)N(CC1CCCO1)CC1CCCO1. The van der Waals surface area contributed by atoms with Crippen LogP contribution in [0.25, 0.3) is 0 Å². The van der Waals surface area contributed by atoms with Gasteiger partial charge in [0.05, 0.1) is 17.7 Å². The fourth-order valence-corrected chi connectivity index (χ4v) is 3.31. The van der Waals surface area contributed by atoms with Gasteiger partial charge in [-0.25, -0.2) is 4.98 Å². The zero-order valence-electron chi connectivity index (χ0n) is 11.5. The number of rotatable bonds is 5. The molecule has 0 aromatic carbocycles. The maximum Gasteiger partial charge on any atom is 0.273 e. The number of hydrogen-bond acceptors (Lipinski definition) is 5. The molecule has 0 saturated carbocycles. The summed E-state index contributed by atoms with van der Waals surface area (Å²) in [6.07, 6.45) is 4.57. The summed E-state index contributed by atoms with van der Waals surface area (Å²) in [7, 11) is 0. The largest absolute Gasteiger partial charge is 0.376 e. The molecule has 3 heterocycles. The van der Waals surface area contributed by atoms with E-state index in [1.54, 1.807) is 10.9 Å². The van der Waals surface area contributed by atoms with Crippen LogP contribution in [-0.2, 0) is 9.47 Å². The Morgan fingerprint density at radius 3 is 2.35 bits per heavy atom. The van der Waals surface area contributed by atoms with Gasteiger partial charge in [0, 0.05) is 31.7 Å². The van der Waals surface area contributed by atoms with Crippen LogP contribution < -0.4 is 0 Å². The van der Waals surface area contributed by atoms with E-state index in [4.69, 9.17) is 9.47 Å². The highest BCUT2D eigenvalue weighted by atomic mass is 32.1. The summed E-state index contributed by atoms with van der Waals surface area (Å²) in [5.41, 5.74) is 2.23. The van der Waals surface area contributed by atoms with Crippen LogP contribution in [0.1, 0.15) is 36.2 Å². The molecule has 0 radical (unpaired) electrons. The van der Waals surface area contributed by atoms with Gasteiger partial charge < -0.3 is 14.4 Å². The second kappa shape index (κ2) is 6.65. The molecule has 2 saturated heterocycles. The predicted molar refractivity (Wildman–Crippen MR) is 76.0 cm³/mol. The van der Waals surface area contributed by atoms with E-state index in [-0.39, 0.29) is 18.1 Å². The highest BCUT2D eigenvalue weighted by Crippen LogP contribution is 2.19. The van der Waals surface area contributed by atoms with Gasteiger partial charge in [-0.15, -0.1) is 11.3 Å². The van der Waals surface area contributed by atoms with Crippen LogP contribution in [0.15, 0.2) is 10.9 Å². The lowest BCUT2D eigenvalue weighted by Crippen LogP contribution is -2.42. The number of amides is 1. The number of nitrogens with zero attached hydrogens (tertiary/aromatic N) is 2. The maximum atomic E-state index is 12.5. The molecule has 0 N–H and O–H groups in total. The topological polar surface area (TPSA) is 51.7 Å². The van der Waals surface area contributed by atoms with Crippen molar-refractivity contribution in [3.63, 3.8) is 0 Å². The van der Waals surface area contributed by atoms with Gasteiger partial charge in [0.2, 0.25) is 0 Å². The molecular weight excluding hydrogens is 276 g/mol. The summed E-state index contributed by atoms with van der Waals surface area (Å²) in [4.78, 5) is 18.5. The van der Waals surface area contributed by atoms with Crippen LogP contribution in [0.4, 0.5) is 0 Å². The van der Waals surface area contributed by atoms with Gasteiger partial charge in [-0.1, -0.05) is 0 Å². The zero-order valence-corrected chi connectivity index (χ0v) is 12.3. The molecule has 0 aliphatic carbocycles. The molecule has 2 unspecified atom stereocenters. The van der Waals surface area contributed by atoms with E-state index in [9.17, 15) is 4.79 Å². The van der Waals surface area contributed by atoms with Gasteiger partial charge in [-0.05, 0) is 25.7 Å². The maximum absolute atomic E-state index is 12.5. The predicted octanol–water partition coefficient (Wildman–Crippen LogP) is 1.94. The van der Waals surface area contributed by atoms with E-state index in [0.717, 1.165) is 38.9 Å². The second-order valence-electron chi connectivity index (χ2n) is 5.35. The quantitative estimate of drug-likeness (QED) is 0.833. The second-order valence-corrected chi connectivity index (χ2v) is 6.07. The molecule has 1 aromatic rings. The number of aromatic nitrogens is 1. The molecule has 2 aliphatic heterocycles. The molecular formula is C14H20N2O3S. The molecule has 1 aromatic heterocycles. The molecule has 5 nitrogen and oxygen atoms in total. The van der Waals surface area contributed by atoms with E-state index in [1.165, 1.54) is 11.3 Å². The van der Waals surface area contributed by atoms with Crippen LogP contribution in [0.5, 0.6) is 0 Å². The van der Waals surface area contributed by atoms with Crippen LogP contribution in [0.3, 0.4) is 0 Å². The smallest absolute Gasteiger partial charge is 0.273 e. The van der Waals surface area contributed by atoms with Crippen LogP contribution >= 0.6 is 11.3 Å². The van der Waals surface area contributed by atoms with Gasteiger partial charge >= 0.3 is 0 Å². The molecule has 1 amide bonds. The third-order valence-electron chi connectivity index (χ3n) is 3.83. The van der Waals surface area contributed by atoms with Gasteiger partial charge in [0.25, 0.3) is 5.91 Å². The average Bonchev–Trinajstić information content (AvgIpc) is 3.20. The highest BCUT2D eigenvalue weighted by molar-refractivity contribution is 7.07. The molecule has 2 fully saturated rings. The Balaban J connectivity index is 1.66. The summed E-state index contributed by atoms with van der Waals surface area (Å²) < 4.78 is 11.3. The Morgan fingerprint density at radius 1 is 1.25 bits per heavy atom. The third kappa shape index (κ3) is 3.37. The van der Waals surface area contributed by atoms with Crippen molar-refractivity contribution >= 4 is 17.2 Å². The van der Waals surface area contributed by atoms with Crippen LogP contribution in [-0.4, -0.2) is 54.3 Å². The molecule has 0 bridgehead atoms. The standard InChI is InChI=1S/C14H20N2O3S/c17-14(13-9-20-10-15-13)16(7-11-3-1-5-18-11)8-12-4-2-6-19-12/h9-12H,1-8H2. The Labute approximate surface area is 122 Å². The highest BCUT2D eigenvalue weighted by Gasteiger charge is 2.28. The normalized spacial score (nSPS) is 26.0. The first-order chi connectivity index (χ1) is 9.83. The minimum atomic E-state index is -0.00255. The zero-order chi connectivity index (χ0) is 13.8. The van der Waals surface area contributed by atoms with E-state index in [2.05, 4.69) is 4.98 Å². The summed E-state index contributed by atoms with van der Waals surface area (Å²) in [5, 5.41) is 1.81. The van der Waals surface area contributed by atoms with Gasteiger partial charge in [-0.2, -0.15) is 0 Å². The van der Waals surface area contributed by atoms with Crippen LogP contribution in [0.2, 0.25) is 0 Å². The van der Waals surface area contributed by atoms with E-state index in [1.807, 2.05) is 4.90 Å². The Kier molecular flexibility index (Phi) is 4.65. The number of ether oxygens (including phenoxy) is 2. The fourth-order valence-electron chi connectivity index (χ4n) is 2.79. The van der Waals surface area contributed by atoms with Crippen molar-refractivity contribution in [2.24, 2.45) is 0 Å². The summed E-state index contributed by atoms with van der Waals surface area (Å²) in [5.74, 6) is -0.00255.